The Morgan fingerprint density at radius 2 is 1.62 bits per heavy atom. The maximum absolute atomic E-state index is 6.19. The lowest BCUT2D eigenvalue weighted by Gasteiger charge is -2.32. The van der Waals surface area contributed by atoms with E-state index in [-0.39, 0.29) is 0 Å². The molecule has 4 rings (SSSR count). The van der Waals surface area contributed by atoms with Gasteiger partial charge in [-0.1, -0.05) is 0 Å². The molecule has 0 amide bonds. The maximum Gasteiger partial charge on any atom is 0.497 e. The molecule has 2 aromatic heterocycles. The number of hydrogen-bond acceptors (Lipinski definition) is 5. The Morgan fingerprint density at radius 3 is 2.23 bits per heavy atom. The number of methoxy groups -OCH3 is 1. The predicted molar refractivity (Wildman–Crippen MR) is 101 cm³/mol. The van der Waals surface area contributed by atoms with Crippen molar-refractivity contribution < 1.29 is 14.0 Å². The van der Waals surface area contributed by atoms with Crippen molar-refractivity contribution in [3.8, 4) is 11.4 Å². The van der Waals surface area contributed by atoms with E-state index in [4.69, 9.17) is 14.0 Å². The highest BCUT2D eigenvalue weighted by Gasteiger charge is 2.52. The molecular formula is C19H22BN3O3. The first kappa shape index (κ1) is 17.1. The molecule has 0 bridgehead atoms. The van der Waals surface area contributed by atoms with E-state index < -0.39 is 18.3 Å². The minimum Gasteiger partial charge on any atom is -0.497 e. The lowest BCUT2D eigenvalue weighted by molar-refractivity contribution is 0.00578. The first-order valence-corrected chi connectivity index (χ1v) is 8.64. The fourth-order valence-electron chi connectivity index (χ4n) is 3.05. The van der Waals surface area contributed by atoms with Crippen LogP contribution in [0.1, 0.15) is 27.7 Å². The van der Waals surface area contributed by atoms with Crippen molar-refractivity contribution in [2.24, 2.45) is 0 Å². The topological polar surface area (TPSA) is 58.4 Å². The van der Waals surface area contributed by atoms with Gasteiger partial charge in [0.1, 0.15) is 5.75 Å². The lowest BCUT2D eigenvalue weighted by atomic mass is 9.78. The zero-order chi connectivity index (χ0) is 18.5. The van der Waals surface area contributed by atoms with Crippen LogP contribution in [-0.4, -0.2) is 40.2 Å². The van der Waals surface area contributed by atoms with Gasteiger partial charge >= 0.3 is 7.12 Å². The van der Waals surface area contributed by atoms with Crippen LogP contribution in [0.4, 0.5) is 0 Å². The molecule has 6 nitrogen and oxygen atoms in total. The van der Waals surface area contributed by atoms with E-state index in [9.17, 15) is 0 Å². The van der Waals surface area contributed by atoms with Gasteiger partial charge in [0.2, 0.25) is 0 Å². The average molecular weight is 351 g/mol. The first-order chi connectivity index (χ1) is 12.3. The highest BCUT2D eigenvalue weighted by molar-refractivity contribution is 6.65. The minimum atomic E-state index is -0.468. The molecular weight excluding hydrogens is 329 g/mol. The summed E-state index contributed by atoms with van der Waals surface area (Å²) in [6.45, 7) is 8.17. The molecule has 1 aliphatic rings. The highest BCUT2D eigenvalue weighted by Crippen LogP contribution is 2.37. The van der Waals surface area contributed by atoms with Gasteiger partial charge in [-0.05, 0) is 52.0 Å². The second-order valence-corrected chi connectivity index (χ2v) is 7.50. The summed E-state index contributed by atoms with van der Waals surface area (Å²) in [6, 6.07) is 7.75. The Hall–Kier alpha value is -2.38. The third-order valence-electron chi connectivity index (χ3n) is 5.35. The number of ether oxygens (including phenoxy) is 1. The van der Waals surface area contributed by atoms with Gasteiger partial charge < -0.3 is 14.0 Å². The normalized spacial score (nSPS) is 18.4. The number of fused-ring (bicyclic) bond motifs is 1. The summed E-state index contributed by atoms with van der Waals surface area (Å²) in [5, 5.41) is 5.52. The monoisotopic (exact) mass is 351 g/mol. The fourth-order valence-corrected chi connectivity index (χ4v) is 3.05. The molecule has 1 aliphatic heterocycles. The third kappa shape index (κ3) is 2.59. The van der Waals surface area contributed by atoms with Gasteiger partial charge in [0.05, 0.1) is 41.9 Å². The van der Waals surface area contributed by atoms with Gasteiger partial charge in [0.25, 0.3) is 0 Å². The zero-order valence-electron chi connectivity index (χ0n) is 15.7. The summed E-state index contributed by atoms with van der Waals surface area (Å²) >= 11 is 0. The Kier molecular flexibility index (Phi) is 3.82. The summed E-state index contributed by atoms with van der Waals surface area (Å²) in [5.41, 5.74) is 1.94. The molecule has 0 atom stereocenters. The first-order valence-electron chi connectivity index (χ1n) is 8.64. The van der Waals surface area contributed by atoms with Crippen molar-refractivity contribution in [2.45, 2.75) is 38.9 Å². The van der Waals surface area contributed by atoms with Gasteiger partial charge in [0.15, 0.2) is 0 Å². The fraction of sp³-hybridized carbons (Fsp3) is 0.368. The van der Waals surface area contributed by atoms with Crippen LogP contribution in [0.5, 0.6) is 5.75 Å². The smallest absolute Gasteiger partial charge is 0.497 e. The van der Waals surface area contributed by atoms with E-state index in [0.29, 0.717) is 0 Å². The number of nitrogens with zero attached hydrogens (tertiary/aromatic N) is 3. The molecule has 0 unspecified atom stereocenters. The van der Waals surface area contributed by atoms with E-state index in [1.807, 2.05) is 62.8 Å². The van der Waals surface area contributed by atoms with Crippen LogP contribution < -0.4 is 10.2 Å². The van der Waals surface area contributed by atoms with Gasteiger partial charge in [-0.25, -0.2) is 4.68 Å². The minimum absolute atomic E-state index is 0.397. The largest absolute Gasteiger partial charge is 0.497 e. The number of benzene rings is 1. The molecule has 1 saturated heterocycles. The third-order valence-corrected chi connectivity index (χ3v) is 5.35. The van der Waals surface area contributed by atoms with Gasteiger partial charge in [-0.3, -0.25) is 4.98 Å². The molecule has 1 fully saturated rings. The average Bonchev–Trinajstić information content (AvgIpc) is 3.13. The Morgan fingerprint density at radius 1 is 0.962 bits per heavy atom. The molecule has 0 spiro atoms. The molecule has 3 heterocycles. The number of aromatic nitrogens is 3. The molecule has 0 radical (unpaired) electrons. The standard InChI is InChI=1S/C19H22BN3O3/c1-18(2)19(3,4)26-20(25-18)16-11-21-12-17-15(16)10-22-23(17)13-6-8-14(24-5)9-7-13/h6-12H,1-5H3. The van der Waals surface area contributed by atoms with Crippen LogP contribution in [0, 0.1) is 0 Å². The lowest BCUT2D eigenvalue weighted by Crippen LogP contribution is -2.41. The Labute approximate surface area is 153 Å². The summed E-state index contributed by atoms with van der Waals surface area (Å²) in [6.07, 6.45) is 5.44. The molecule has 134 valence electrons. The van der Waals surface area contributed by atoms with Crippen molar-refractivity contribution in [2.75, 3.05) is 7.11 Å². The number of rotatable bonds is 3. The van der Waals surface area contributed by atoms with E-state index >= 15 is 0 Å². The van der Waals surface area contributed by atoms with Crippen LogP contribution in [0.25, 0.3) is 16.6 Å². The summed E-state index contributed by atoms with van der Waals surface area (Å²) in [5.74, 6) is 0.807. The van der Waals surface area contributed by atoms with Gasteiger partial charge in [-0.15, -0.1) is 0 Å². The molecule has 7 heteroatoms. The van der Waals surface area contributed by atoms with Crippen LogP contribution in [0.15, 0.2) is 42.9 Å². The molecule has 0 N–H and O–H groups in total. The van der Waals surface area contributed by atoms with Crippen molar-refractivity contribution in [1.82, 2.24) is 14.8 Å². The molecule has 1 aromatic carbocycles. The van der Waals surface area contributed by atoms with E-state index in [1.165, 1.54) is 0 Å². The van der Waals surface area contributed by atoms with Crippen molar-refractivity contribution >= 4 is 23.5 Å². The highest BCUT2D eigenvalue weighted by atomic mass is 16.7. The SMILES string of the molecule is COc1ccc(-n2ncc3c(B4OC(C)(C)C(C)(C)O4)cncc32)cc1. The number of pyridine rings is 1. The van der Waals surface area contributed by atoms with Crippen LogP contribution >= 0.6 is 0 Å². The quantitative estimate of drug-likeness (QED) is 0.679. The Bertz CT molecular complexity index is 934. The van der Waals surface area contributed by atoms with Crippen LogP contribution in [0.3, 0.4) is 0 Å². The van der Waals surface area contributed by atoms with Gasteiger partial charge in [0, 0.05) is 17.0 Å². The number of hydrogen-bond donors (Lipinski definition) is 0. The Balaban J connectivity index is 1.76. The summed E-state index contributed by atoms with van der Waals surface area (Å²) in [7, 11) is 1.18. The molecule has 26 heavy (non-hydrogen) atoms. The van der Waals surface area contributed by atoms with E-state index in [1.54, 1.807) is 19.5 Å². The second kappa shape index (κ2) is 5.82. The van der Waals surface area contributed by atoms with Gasteiger partial charge in [-0.2, -0.15) is 5.10 Å². The van der Waals surface area contributed by atoms with Crippen molar-refractivity contribution in [1.29, 1.82) is 0 Å². The molecule has 3 aromatic rings. The van der Waals surface area contributed by atoms with Crippen molar-refractivity contribution in [3.05, 3.63) is 42.9 Å². The molecule has 0 saturated carbocycles. The zero-order valence-corrected chi connectivity index (χ0v) is 15.7. The maximum atomic E-state index is 6.19. The van der Waals surface area contributed by atoms with E-state index in [2.05, 4.69) is 10.1 Å². The van der Waals surface area contributed by atoms with E-state index in [0.717, 1.165) is 27.8 Å². The predicted octanol–water partition coefficient (Wildman–Crippen LogP) is 2.73. The summed E-state index contributed by atoms with van der Waals surface area (Å²) in [4.78, 5) is 4.40. The van der Waals surface area contributed by atoms with Crippen molar-refractivity contribution in [3.63, 3.8) is 0 Å². The molecule has 0 aliphatic carbocycles. The van der Waals surface area contributed by atoms with Crippen LogP contribution in [0.2, 0.25) is 0 Å². The van der Waals surface area contributed by atoms with Crippen LogP contribution in [-0.2, 0) is 9.31 Å². The summed E-state index contributed by atoms with van der Waals surface area (Å²) < 4.78 is 19.5. The second-order valence-electron chi connectivity index (χ2n) is 7.50.